The molecule has 0 N–H and O–H groups in total. The molecule has 2 aliphatic rings. The van der Waals surface area contributed by atoms with Gasteiger partial charge in [0.15, 0.2) is 0 Å². The molecule has 102 valence electrons. The van der Waals surface area contributed by atoms with Gasteiger partial charge in [-0.2, -0.15) is 0 Å². The summed E-state index contributed by atoms with van der Waals surface area (Å²) in [7, 11) is 0. The van der Waals surface area contributed by atoms with Crippen molar-refractivity contribution in [2.45, 2.75) is 60.8 Å². The molecular formula is C18H26Zr. The van der Waals surface area contributed by atoms with Gasteiger partial charge in [-0.15, -0.1) is 0 Å². The second-order valence-corrected chi connectivity index (χ2v) is 9.69. The van der Waals surface area contributed by atoms with Gasteiger partial charge in [0.2, 0.25) is 0 Å². The molecular weight excluding hydrogens is 307 g/mol. The van der Waals surface area contributed by atoms with Crippen LogP contribution in [0.4, 0.5) is 0 Å². The molecule has 0 unspecified atom stereocenters. The van der Waals surface area contributed by atoms with E-state index < -0.39 is 23.2 Å². The Morgan fingerprint density at radius 3 is 2.37 bits per heavy atom. The van der Waals surface area contributed by atoms with Crippen LogP contribution >= 0.6 is 0 Å². The Morgan fingerprint density at radius 2 is 1.84 bits per heavy atom. The Balaban J connectivity index is 2.29. The summed E-state index contributed by atoms with van der Waals surface area (Å²) in [5.74, 6) is 0. The van der Waals surface area contributed by atoms with Gasteiger partial charge in [-0.1, -0.05) is 0 Å². The Morgan fingerprint density at radius 1 is 1.16 bits per heavy atom. The molecule has 0 aliphatic heterocycles. The molecule has 0 amide bonds. The summed E-state index contributed by atoms with van der Waals surface area (Å²) in [5, 5.41) is 0. The molecule has 0 aromatic rings. The van der Waals surface area contributed by atoms with Crippen molar-refractivity contribution in [2.75, 3.05) is 0 Å². The molecule has 0 fully saturated rings. The molecule has 2 rings (SSSR count). The average Bonchev–Trinajstić information content (AvgIpc) is 2.85. The Kier molecular flexibility index (Phi) is 4.56. The molecule has 0 aromatic carbocycles. The zero-order chi connectivity index (χ0) is 14.2. The van der Waals surface area contributed by atoms with E-state index in [0.717, 1.165) is 0 Å². The van der Waals surface area contributed by atoms with Gasteiger partial charge in [0, 0.05) is 0 Å². The second kappa shape index (κ2) is 5.68. The monoisotopic (exact) mass is 332 g/mol. The van der Waals surface area contributed by atoms with E-state index in [0.29, 0.717) is 5.41 Å². The van der Waals surface area contributed by atoms with E-state index in [1.54, 1.807) is 22.3 Å². The van der Waals surface area contributed by atoms with Crippen LogP contribution in [-0.2, 0) is 23.2 Å². The quantitative estimate of drug-likeness (QED) is 0.616. The number of allylic oxidation sites excluding steroid dienone is 8. The fraction of sp³-hybridized carbons (Fsp3) is 0.556. The summed E-state index contributed by atoms with van der Waals surface area (Å²) < 4.78 is 3.65. The summed E-state index contributed by atoms with van der Waals surface area (Å²) in [4.78, 5) is 0. The van der Waals surface area contributed by atoms with E-state index in [2.05, 4.69) is 53.7 Å². The van der Waals surface area contributed by atoms with Crippen LogP contribution in [0.3, 0.4) is 0 Å². The zero-order valence-corrected chi connectivity index (χ0v) is 15.7. The first kappa shape index (κ1) is 15.2. The van der Waals surface area contributed by atoms with Gasteiger partial charge in [-0.3, -0.25) is 0 Å². The molecule has 0 atom stereocenters. The molecule has 19 heavy (non-hydrogen) atoms. The third kappa shape index (κ3) is 2.68. The maximum atomic E-state index is 2.43. The first-order chi connectivity index (χ1) is 8.89. The molecule has 1 heteroatoms. The average molecular weight is 334 g/mol. The summed E-state index contributed by atoms with van der Waals surface area (Å²) in [6.45, 7) is 14.2. The number of hydrogen-bond donors (Lipinski definition) is 0. The van der Waals surface area contributed by atoms with Crippen LogP contribution in [0.2, 0.25) is 0 Å². The van der Waals surface area contributed by atoms with E-state index in [1.807, 2.05) is 6.56 Å². The number of rotatable bonds is 4. The van der Waals surface area contributed by atoms with Gasteiger partial charge < -0.3 is 0 Å². The van der Waals surface area contributed by atoms with Crippen LogP contribution in [0.25, 0.3) is 0 Å². The molecule has 0 heterocycles. The van der Waals surface area contributed by atoms with E-state index in [-0.39, 0.29) is 0 Å². The van der Waals surface area contributed by atoms with Gasteiger partial charge in [0.25, 0.3) is 0 Å². The van der Waals surface area contributed by atoms with Crippen molar-refractivity contribution in [1.82, 2.24) is 0 Å². The summed E-state index contributed by atoms with van der Waals surface area (Å²) in [6, 6.07) is 0. The normalized spacial score (nSPS) is 22.0. The van der Waals surface area contributed by atoms with Crippen LogP contribution < -0.4 is 0 Å². The molecule has 2 aliphatic carbocycles. The molecule has 0 aromatic heterocycles. The van der Waals surface area contributed by atoms with Crippen LogP contribution in [-0.4, -0.2) is 0 Å². The van der Waals surface area contributed by atoms with E-state index >= 15 is 0 Å². The summed E-state index contributed by atoms with van der Waals surface area (Å²) in [5.41, 5.74) is 6.78. The van der Waals surface area contributed by atoms with Crippen molar-refractivity contribution in [2.24, 2.45) is 5.41 Å². The van der Waals surface area contributed by atoms with E-state index in [4.69, 9.17) is 0 Å². The predicted molar refractivity (Wildman–Crippen MR) is 80.5 cm³/mol. The van der Waals surface area contributed by atoms with Crippen molar-refractivity contribution in [3.05, 3.63) is 41.0 Å². The minimum absolute atomic E-state index is 0.327. The van der Waals surface area contributed by atoms with Gasteiger partial charge >= 0.3 is 130 Å². The Bertz CT molecular complexity index is 510. The Hall–Kier alpha value is -0.157. The van der Waals surface area contributed by atoms with E-state index in [1.165, 1.54) is 19.3 Å². The van der Waals surface area contributed by atoms with Crippen LogP contribution in [0.15, 0.2) is 41.0 Å². The predicted octanol–water partition coefficient (Wildman–Crippen LogP) is 5.73. The van der Waals surface area contributed by atoms with Gasteiger partial charge in [0.1, 0.15) is 0 Å². The van der Waals surface area contributed by atoms with Crippen molar-refractivity contribution < 1.29 is 23.2 Å². The van der Waals surface area contributed by atoms with Gasteiger partial charge in [-0.25, -0.2) is 0 Å². The third-order valence-corrected chi connectivity index (χ3v) is 9.99. The first-order valence-corrected chi connectivity index (χ1v) is 9.90. The van der Waals surface area contributed by atoms with Gasteiger partial charge in [0.05, 0.1) is 0 Å². The SMILES string of the molecule is CCCC1=[C]([Zr][C]2=C(C)C(C)=C(C)C2(C)C)CC=C1. The molecule has 0 radical (unpaired) electrons. The second-order valence-electron chi connectivity index (χ2n) is 6.36. The zero-order valence-electron chi connectivity index (χ0n) is 13.3. The Labute approximate surface area is 130 Å². The third-order valence-electron chi connectivity index (χ3n) is 4.89. The van der Waals surface area contributed by atoms with Gasteiger partial charge in [-0.05, 0) is 0 Å². The van der Waals surface area contributed by atoms with Crippen molar-refractivity contribution in [3.8, 4) is 0 Å². The van der Waals surface area contributed by atoms with Crippen LogP contribution in [0.1, 0.15) is 60.8 Å². The van der Waals surface area contributed by atoms with Crippen molar-refractivity contribution in [3.63, 3.8) is 0 Å². The molecule has 0 saturated heterocycles. The number of hydrogen-bond acceptors (Lipinski definition) is 0. The molecule has 0 bridgehead atoms. The first-order valence-electron chi connectivity index (χ1n) is 7.44. The van der Waals surface area contributed by atoms with E-state index in [9.17, 15) is 0 Å². The molecule has 0 spiro atoms. The minimum atomic E-state index is -0.586. The standard InChI is InChI=1S/C10H15.C8H11.Zr/c1-7-6-10(4,5)9(3)8(7)2;1-2-5-8-6-3-4-7-8;/h1-5H3;3,6H,2,4-5H2,1H3;. The van der Waals surface area contributed by atoms with Crippen molar-refractivity contribution >= 4 is 0 Å². The summed E-state index contributed by atoms with van der Waals surface area (Å²) in [6.07, 6.45) is 8.58. The van der Waals surface area contributed by atoms with Crippen LogP contribution in [0, 0.1) is 5.41 Å². The molecule has 0 nitrogen and oxygen atoms in total. The maximum absolute atomic E-state index is 2.43. The van der Waals surface area contributed by atoms with Crippen molar-refractivity contribution in [1.29, 1.82) is 0 Å². The van der Waals surface area contributed by atoms with Crippen LogP contribution in [0.5, 0.6) is 0 Å². The topological polar surface area (TPSA) is 0 Å². The fourth-order valence-electron chi connectivity index (χ4n) is 3.18. The molecule has 0 saturated carbocycles. The fourth-order valence-corrected chi connectivity index (χ4v) is 7.52. The summed E-state index contributed by atoms with van der Waals surface area (Å²) >= 11 is -0.586.